The minimum absolute atomic E-state index is 0.160. The Hall–Kier alpha value is -0.910. The van der Waals surface area contributed by atoms with Crippen LogP contribution in [0.25, 0.3) is 0 Å². The summed E-state index contributed by atoms with van der Waals surface area (Å²) in [6, 6.07) is 6.84. The van der Waals surface area contributed by atoms with E-state index in [9.17, 15) is 4.39 Å². The topological polar surface area (TPSA) is 24.9 Å². The SMILES string of the molecule is CCNCc1csc(CSc2ccccc2F)n1. The van der Waals surface area contributed by atoms with E-state index in [2.05, 4.69) is 22.6 Å². The second-order valence-corrected chi connectivity index (χ2v) is 5.69. The average Bonchev–Trinajstić information content (AvgIpc) is 2.83. The minimum atomic E-state index is -0.160. The van der Waals surface area contributed by atoms with Crippen LogP contribution in [0.4, 0.5) is 4.39 Å². The Morgan fingerprint density at radius 1 is 1.39 bits per heavy atom. The van der Waals surface area contributed by atoms with Gasteiger partial charge in [-0.25, -0.2) is 9.37 Å². The van der Waals surface area contributed by atoms with E-state index in [0.717, 1.165) is 29.5 Å². The Balaban J connectivity index is 1.90. The highest BCUT2D eigenvalue weighted by Crippen LogP contribution is 2.26. The monoisotopic (exact) mass is 282 g/mol. The molecule has 0 aliphatic rings. The molecule has 0 unspecified atom stereocenters. The van der Waals surface area contributed by atoms with E-state index >= 15 is 0 Å². The molecule has 0 aliphatic carbocycles. The first-order valence-corrected chi connectivity index (χ1v) is 7.67. The molecule has 0 atom stereocenters. The number of hydrogen-bond acceptors (Lipinski definition) is 4. The van der Waals surface area contributed by atoms with Gasteiger partial charge in [0, 0.05) is 16.8 Å². The summed E-state index contributed by atoms with van der Waals surface area (Å²) < 4.78 is 13.4. The largest absolute Gasteiger partial charge is 0.311 e. The first kappa shape index (κ1) is 13.5. The quantitative estimate of drug-likeness (QED) is 0.818. The zero-order chi connectivity index (χ0) is 12.8. The molecule has 5 heteroatoms. The number of nitrogens with zero attached hydrogens (tertiary/aromatic N) is 1. The average molecular weight is 282 g/mol. The highest BCUT2D eigenvalue weighted by Gasteiger charge is 2.05. The van der Waals surface area contributed by atoms with Gasteiger partial charge >= 0.3 is 0 Å². The molecule has 2 rings (SSSR count). The summed E-state index contributed by atoms with van der Waals surface area (Å²) in [4.78, 5) is 5.19. The molecule has 96 valence electrons. The minimum Gasteiger partial charge on any atom is -0.311 e. The van der Waals surface area contributed by atoms with Crippen molar-refractivity contribution in [3.05, 3.63) is 46.2 Å². The van der Waals surface area contributed by atoms with Crippen molar-refractivity contribution in [2.24, 2.45) is 0 Å². The molecule has 0 amide bonds. The third-order valence-corrected chi connectivity index (χ3v) is 4.48. The maximum absolute atomic E-state index is 13.4. The van der Waals surface area contributed by atoms with Crippen molar-refractivity contribution < 1.29 is 4.39 Å². The van der Waals surface area contributed by atoms with E-state index in [1.54, 1.807) is 23.5 Å². The van der Waals surface area contributed by atoms with E-state index in [4.69, 9.17) is 0 Å². The van der Waals surface area contributed by atoms with Crippen molar-refractivity contribution >= 4 is 23.1 Å². The number of hydrogen-bond donors (Lipinski definition) is 1. The predicted molar refractivity (Wildman–Crippen MR) is 75.5 cm³/mol. The molecule has 1 heterocycles. The van der Waals surface area contributed by atoms with Gasteiger partial charge in [-0.1, -0.05) is 19.1 Å². The van der Waals surface area contributed by atoms with Crippen molar-refractivity contribution in [1.82, 2.24) is 10.3 Å². The Kier molecular flexibility index (Phi) is 5.16. The van der Waals surface area contributed by atoms with Gasteiger partial charge in [-0.05, 0) is 18.7 Å². The molecule has 1 N–H and O–H groups in total. The van der Waals surface area contributed by atoms with Crippen LogP contribution in [0.15, 0.2) is 34.5 Å². The molecule has 2 aromatic rings. The molecule has 0 aliphatic heterocycles. The van der Waals surface area contributed by atoms with Crippen molar-refractivity contribution in [2.75, 3.05) is 6.54 Å². The van der Waals surface area contributed by atoms with Gasteiger partial charge in [0.05, 0.1) is 11.4 Å². The third kappa shape index (κ3) is 3.80. The summed E-state index contributed by atoms with van der Waals surface area (Å²) in [5, 5.41) is 6.33. The predicted octanol–water partition coefficient (Wildman–Crippen LogP) is 3.68. The molecule has 1 aromatic heterocycles. The van der Waals surface area contributed by atoms with Crippen LogP contribution in [-0.4, -0.2) is 11.5 Å². The van der Waals surface area contributed by atoms with Crippen LogP contribution < -0.4 is 5.32 Å². The zero-order valence-corrected chi connectivity index (χ0v) is 11.8. The summed E-state index contributed by atoms with van der Waals surface area (Å²) >= 11 is 3.12. The second kappa shape index (κ2) is 6.87. The Morgan fingerprint density at radius 2 is 2.22 bits per heavy atom. The highest BCUT2D eigenvalue weighted by atomic mass is 32.2. The molecule has 0 saturated heterocycles. The first-order valence-electron chi connectivity index (χ1n) is 5.81. The molecule has 0 saturated carbocycles. The van der Waals surface area contributed by atoms with E-state index in [-0.39, 0.29) is 5.82 Å². The lowest BCUT2D eigenvalue weighted by Crippen LogP contribution is -2.11. The summed E-state index contributed by atoms with van der Waals surface area (Å²) in [5.74, 6) is 0.560. The van der Waals surface area contributed by atoms with Crippen molar-refractivity contribution in [1.29, 1.82) is 0 Å². The lowest BCUT2D eigenvalue weighted by molar-refractivity contribution is 0.602. The van der Waals surface area contributed by atoms with Crippen molar-refractivity contribution in [3.63, 3.8) is 0 Å². The van der Waals surface area contributed by atoms with E-state index in [0.29, 0.717) is 4.90 Å². The molecule has 0 bridgehead atoms. The maximum Gasteiger partial charge on any atom is 0.136 e. The lowest BCUT2D eigenvalue weighted by atomic mass is 10.3. The Labute approximate surface area is 115 Å². The van der Waals surface area contributed by atoms with Gasteiger partial charge in [-0.2, -0.15) is 0 Å². The van der Waals surface area contributed by atoms with Gasteiger partial charge in [-0.3, -0.25) is 0 Å². The van der Waals surface area contributed by atoms with Gasteiger partial charge in [0.25, 0.3) is 0 Å². The fraction of sp³-hybridized carbons (Fsp3) is 0.308. The number of rotatable bonds is 6. The number of nitrogens with one attached hydrogen (secondary N) is 1. The zero-order valence-electron chi connectivity index (χ0n) is 10.1. The van der Waals surface area contributed by atoms with Crippen LogP contribution in [-0.2, 0) is 12.3 Å². The molecular formula is C13H15FN2S2. The van der Waals surface area contributed by atoms with Crippen molar-refractivity contribution in [3.8, 4) is 0 Å². The number of halogens is 1. The highest BCUT2D eigenvalue weighted by molar-refractivity contribution is 7.98. The van der Waals surface area contributed by atoms with Crippen LogP contribution in [0.1, 0.15) is 17.6 Å². The third-order valence-electron chi connectivity index (χ3n) is 2.34. The molecule has 0 radical (unpaired) electrons. The smallest absolute Gasteiger partial charge is 0.136 e. The molecule has 2 nitrogen and oxygen atoms in total. The van der Waals surface area contributed by atoms with Crippen LogP contribution >= 0.6 is 23.1 Å². The van der Waals surface area contributed by atoms with Gasteiger partial charge < -0.3 is 5.32 Å². The van der Waals surface area contributed by atoms with Gasteiger partial charge in [0.15, 0.2) is 0 Å². The molecule has 0 spiro atoms. The van der Waals surface area contributed by atoms with Crippen LogP contribution in [0.5, 0.6) is 0 Å². The number of benzene rings is 1. The summed E-state index contributed by atoms with van der Waals surface area (Å²) in [7, 11) is 0. The van der Waals surface area contributed by atoms with Crippen LogP contribution in [0.3, 0.4) is 0 Å². The van der Waals surface area contributed by atoms with E-state index in [1.807, 2.05) is 6.07 Å². The number of aromatic nitrogens is 1. The van der Waals surface area contributed by atoms with Gasteiger partial charge in [-0.15, -0.1) is 23.1 Å². The van der Waals surface area contributed by atoms with E-state index < -0.39 is 0 Å². The van der Waals surface area contributed by atoms with E-state index in [1.165, 1.54) is 17.8 Å². The number of thiazole rings is 1. The molecular weight excluding hydrogens is 267 g/mol. The summed E-state index contributed by atoms with van der Waals surface area (Å²) in [5.41, 5.74) is 1.06. The Bertz CT molecular complexity index is 499. The van der Waals surface area contributed by atoms with Gasteiger partial charge in [0.1, 0.15) is 10.8 Å². The fourth-order valence-electron chi connectivity index (χ4n) is 1.45. The number of thioether (sulfide) groups is 1. The summed E-state index contributed by atoms with van der Waals surface area (Å²) in [6.07, 6.45) is 0. The van der Waals surface area contributed by atoms with Crippen LogP contribution in [0, 0.1) is 5.82 Å². The lowest BCUT2D eigenvalue weighted by Gasteiger charge is -2.00. The van der Waals surface area contributed by atoms with Gasteiger partial charge in [0.2, 0.25) is 0 Å². The molecule has 0 fully saturated rings. The molecule has 18 heavy (non-hydrogen) atoms. The summed E-state index contributed by atoms with van der Waals surface area (Å²) in [6.45, 7) is 3.81. The fourth-order valence-corrected chi connectivity index (χ4v) is 3.20. The van der Waals surface area contributed by atoms with Crippen LogP contribution in [0.2, 0.25) is 0 Å². The second-order valence-electron chi connectivity index (χ2n) is 3.73. The Morgan fingerprint density at radius 3 is 3.00 bits per heavy atom. The maximum atomic E-state index is 13.4. The first-order chi connectivity index (χ1) is 8.79. The van der Waals surface area contributed by atoms with Crippen molar-refractivity contribution in [2.45, 2.75) is 24.1 Å². The standard InChI is InChI=1S/C13H15FN2S2/c1-2-15-7-10-8-18-13(16-10)9-17-12-6-4-3-5-11(12)14/h3-6,8,15H,2,7,9H2,1H3. The normalized spacial score (nSPS) is 10.8. The molecule has 1 aromatic carbocycles.